The number of imide groups is 1. The summed E-state index contributed by atoms with van der Waals surface area (Å²) in [6.07, 6.45) is 9.59. The van der Waals surface area contributed by atoms with E-state index in [1.807, 2.05) is 13.8 Å². The number of likely N-dealkylation sites (tertiary alicyclic amines) is 1. The highest BCUT2D eigenvalue weighted by Crippen LogP contribution is 2.58. The Morgan fingerprint density at radius 1 is 1.00 bits per heavy atom. The van der Waals surface area contributed by atoms with Gasteiger partial charge in [-0.1, -0.05) is 38.2 Å². The van der Waals surface area contributed by atoms with Gasteiger partial charge in [0.1, 0.15) is 12.3 Å². The molecule has 1 aliphatic heterocycles. The smallest absolute Gasteiger partial charge is 0.325 e. The molecule has 0 aromatic heterocycles. The van der Waals surface area contributed by atoms with Gasteiger partial charge in [0, 0.05) is 25.1 Å². The number of carboxylic acid groups (broad SMARTS) is 1. The van der Waals surface area contributed by atoms with Crippen LogP contribution in [0.1, 0.15) is 39.5 Å². The molecule has 6 unspecified atom stereocenters. The van der Waals surface area contributed by atoms with Gasteiger partial charge in [0.25, 0.3) is 0 Å². The zero-order valence-electron chi connectivity index (χ0n) is 19.4. The molecule has 0 aromatic rings. The quantitative estimate of drug-likeness (QED) is 0.338. The Bertz CT molecular complexity index is 1060. The molecule has 1 saturated carbocycles. The highest BCUT2D eigenvalue weighted by Gasteiger charge is 2.62. The number of rotatable bonds is 7. The number of ketones is 1. The number of carbonyl (C=O) groups excluding carboxylic acids is 3. The molecule has 0 aromatic carbocycles. The molecule has 1 heterocycles. The Hall–Kier alpha value is -3.03. The van der Waals surface area contributed by atoms with Gasteiger partial charge in [-0.15, -0.1) is 0 Å². The zero-order valence-corrected chi connectivity index (χ0v) is 19.4. The van der Waals surface area contributed by atoms with Crippen LogP contribution in [0.5, 0.6) is 0 Å². The van der Waals surface area contributed by atoms with Gasteiger partial charge in [-0.05, 0) is 41.9 Å². The Morgan fingerprint density at radius 3 is 2.06 bits per heavy atom. The van der Waals surface area contributed by atoms with Gasteiger partial charge in [-0.2, -0.15) is 0 Å². The fourth-order valence-corrected chi connectivity index (χ4v) is 6.64. The van der Waals surface area contributed by atoms with E-state index in [-0.39, 0.29) is 83.1 Å². The van der Waals surface area contributed by atoms with E-state index in [9.17, 15) is 24.3 Å². The number of amides is 2. The number of aliphatic hydroxyl groups excluding tert-OH is 1. The van der Waals surface area contributed by atoms with Crippen LogP contribution in [0, 0.1) is 40.9 Å². The number of Topliss-reactive ketones (excluding diaryl/α,β-unsaturated/α-hetero) is 1. The number of aliphatic carboxylic acids is 1. The molecule has 180 valence electrons. The molecule has 6 rings (SSSR count). The number of carbonyl (C=O) groups is 4. The summed E-state index contributed by atoms with van der Waals surface area (Å²) in [5.74, 6) is -1.50. The summed E-state index contributed by atoms with van der Waals surface area (Å²) in [6, 6.07) is 0. The van der Waals surface area contributed by atoms with E-state index >= 15 is 0 Å². The zero-order chi connectivity index (χ0) is 24.4. The molecule has 34 heavy (non-hydrogen) atoms. The molecule has 2 amide bonds. The third-order valence-electron chi connectivity index (χ3n) is 8.10. The summed E-state index contributed by atoms with van der Waals surface area (Å²) in [6.45, 7) is 3.45. The fourth-order valence-electron chi connectivity index (χ4n) is 6.64. The van der Waals surface area contributed by atoms with Crippen LogP contribution in [0.15, 0.2) is 40.6 Å². The van der Waals surface area contributed by atoms with Crippen molar-refractivity contribution in [2.45, 2.75) is 39.5 Å². The molecule has 2 fully saturated rings. The van der Waals surface area contributed by atoms with Gasteiger partial charge in [0.15, 0.2) is 5.78 Å². The lowest BCUT2D eigenvalue weighted by molar-refractivity contribution is -0.140. The second kappa shape index (κ2) is 8.03. The minimum Gasteiger partial charge on any atom is -0.511 e. The van der Waals surface area contributed by atoms with E-state index in [4.69, 9.17) is 5.11 Å². The van der Waals surface area contributed by atoms with Crippen molar-refractivity contribution >= 4 is 29.3 Å². The maximum Gasteiger partial charge on any atom is 0.325 e. The molecule has 2 N–H and O–H groups in total. The Balaban J connectivity index is 1.30. The first-order valence-corrected chi connectivity index (χ1v) is 12.0. The number of aliphatic hydroxyl groups is 1. The van der Waals surface area contributed by atoms with Crippen LogP contribution < -0.4 is 0 Å². The third-order valence-corrected chi connectivity index (χ3v) is 8.10. The number of nitrogens with zero attached hydrogens (tertiary/aromatic N) is 2. The molecular weight excluding hydrogens is 436 g/mol. The normalized spacial score (nSPS) is 35.5. The van der Waals surface area contributed by atoms with Crippen LogP contribution in [-0.4, -0.2) is 57.5 Å². The van der Waals surface area contributed by atoms with Crippen molar-refractivity contribution in [2.75, 3.05) is 13.1 Å². The summed E-state index contributed by atoms with van der Waals surface area (Å²) < 4.78 is 0. The largest absolute Gasteiger partial charge is 0.511 e. The lowest BCUT2D eigenvalue weighted by Crippen LogP contribution is -2.50. The van der Waals surface area contributed by atoms with Crippen LogP contribution in [-0.2, 0) is 19.2 Å². The molecule has 0 spiro atoms. The minimum absolute atomic E-state index is 0.0736. The van der Waals surface area contributed by atoms with Crippen molar-refractivity contribution < 1.29 is 29.4 Å². The first-order chi connectivity index (χ1) is 16.1. The Labute approximate surface area is 198 Å². The number of hydrogen-bond acceptors (Lipinski definition) is 6. The highest BCUT2D eigenvalue weighted by molar-refractivity contribution is 6.23. The third kappa shape index (κ3) is 3.54. The van der Waals surface area contributed by atoms with Crippen molar-refractivity contribution in [3.8, 4) is 0 Å². The SMILES string of the molecule is CC1(C)CC(=O)C(C(CCCN2C(=O)C3C4C=CC(C5C=CC54)C3C2=O)=NCC(=O)O)=C(O)C1. The predicted octanol–water partition coefficient (Wildman–Crippen LogP) is 2.71. The maximum absolute atomic E-state index is 13.2. The molecule has 0 radical (unpaired) electrons. The summed E-state index contributed by atoms with van der Waals surface area (Å²) in [7, 11) is 0. The predicted molar refractivity (Wildman–Crippen MR) is 123 cm³/mol. The maximum atomic E-state index is 13.2. The minimum atomic E-state index is -1.14. The highest BCUT2D eigenvalue weighted by atomic mass is 16.4. The molecular formula is C26H30N2O6. The van der Waals surface area contributed by atoms with E-state index < -0.39 is 12.5 Å². The van der Waals surface area contributed by atoms with Crippen molar-refractivity contribution in [1.82, 2.24) is 4.90 Å². The standard InChI is InChI=1S/C26H30N2O6/c1-26(2)10-18(29)23(19(30)11-26)17(27-12-20(31)32)4-3-9-28-24(33)21-15-7-8-16(22(21)25(28)34)14-6-5-13(14)15/h5-8,13-16,21-22,29H,3-4,9-12H2,1-2H3,(H,31,32). The molecule has 2 bridgehead atoms. The van der Waals surface area contributed by atoms with Crippen LogP contribution in [0.2, 0.25) is 0 Å². The van der Waals surface area contributed by atoms with Crippen molar-refractivity contribution in [2.24, 2.45) is 45.9 Å². The monoisotopic (exact) mass is 466 g/mol. The number of aliphatic imine (C=N–C) groups is 1. The average Bonchev–Trinajstić information content (AvgIpc) is 2.96. The van der Waals surface area contributed by atoms with Crippen LogP contribution in [0.25, 0.3) is 0 Å². The first-order valence-electron chi connectivity index (χ1n) is 12.0. The second-order valence-corrected chi connectivity index (χ2v) is 11.0. The lowest BCUT2D eigenvalue weighted by Gasteiger charge is -2.51. The van der Waals surface area contributed by atoms with Crippen molar-refractivity contribution in [1.29, 1.82) is 0 Å². The molecule has 6 aliphatic rings. The van der Waals surface area contributed by atoms with Crippen LogP contribution in [0.4, 0.5) is 0 Å². The second-order valence-electron chi connectivity index (χ2n) is 11.0. The lowest BCUT2D eigenvalue weighted by atomic mass is 9.50. The topological polar surface area (TPSA) is 124 Å². The van der Waals surface area contributed by atoms with Crippen molar-refractivity contribution in [3.05, 3.63) is 35.6 Å². The molecule has 8 nitrogen and oxygen atoms in total. The summed E-state index contributed by atoms with van der Waals surface area (Å²) in [4.78, 5) is 55.8. The van der Waals surface area contributed by atoms with E-state index in [0.717, 1.165) is 0 Å². The van der Waals surface area contributed by atoms with E-state index in [2.05, 4.69) is 29.3 Å². The number of hydrogen-bond donors (Lipinski definition) is 2. The van der Waals surface area contributed by atoms with Crippen LogP contribution >= 0.6 is 0 Å². The Kier molecular flexibility index (Phi) is 5.37. The van der Waals surface area contributed by atoms with Gasteiger partial charge in [-0.25, -0.2) is 0 Å². The van der Waals surface area contributed by atoms with Gasteiger partial charge in [0.2, 0.25) is 11.8 Å². The first kappa shape index (κ1) is 22.7. The Morgan fingerprint density at radius 2 is 1.56 bits per heavy atom. The van der Waals surface area contributed by atoms with Gasteiger partial charge in [-0.3, -0.25) is 29.1 Å². The summed E-state index contributed by atoms with van der Waals surface area (Å²) in [5.41, 5.74) is -0.0475. The number of carboxylic acids is 1. The molecule has 1 saturated heterocycles. The van der Waals surface area contributed by atoms with E-state index in [0.29, 0.717) is 24.7 Å². The van der Waals surface area contributed by atoms with E-state index in [1.54, 1.807) is 0 Å². The number of allylic oxidation sites excluding steroid dienone is 6. The average molecular weight is 467 g/mol. The van der Waals surface area contributed by atoms with Gasteiger partial charge in [0.05, 0.1) is 17.4 Å². The molecule has 8 heteroatoms. The molecule has 5 aliphatic carbocycles. The fraction of sp³-hybridized carbons (Fsp3) is 0.577. The van der Waals surface area contributed by atoms with E-state index in [1.165, 1.54) is 4.90 Å². The van der Waals surface area contributed by atoms with Crippen LogP contribution in [0.3, 0.4) is 0 Å². The summed E-state index contributed by atoms with van der Waals surface area (Å²) >= 11 is 0. The van der Waals surface area contributed by atoms with Gasteiger partial charge < -0.3 is 10.2 Å². The molecule has 6 atom stereocenters. The van der Waals surface area contributed by atoms with Gasteiger partial charge >= 0.3 is 5.97 Å². The summed E-state index contributed by atoms with van der Waals surface area (Å²) in [5, 5.41) is 19.7. The van der Waals surface area contributed by atoms with Crippen molar-refractivity contribution in [3.63, 3.8) is 0 Å².